The minimum Gasteiger partial charge on any atom is -0.336 e. The third-order valence-corrected chi connectivity index (χ3v) is 4.90. The Morgan fingerprint density at radius 3 is 2.44 bits per heavy atom. The Balaban J connectivity index is 1.49. The van der Waals surface area contributed by atoms with E-state index in [4.69, 9.17) is 0 Å². The molecule has 0 atom stereocenters. The van der Waals surface area contributed by atoms with Crippen LogP contribution in [0.1, 0.15) is 68.7 Å². The van der Waals surface area contributed by atoms with Crippen molar-refractivity contribution in [2.24, 2.45) is 0 Å². The predicted molar refractivity (Wildman–Crippen MR) is 87.2 cm³/mol. The maximum Gasteiger partial charge on any atom is 0.435 e. The van der Waals surface area contributed by atoms with Crippen molar-refractivity contribution in [2.45, 2.75) is 76.0 Å². The van der Waals surface area contributed by atoms with E-state index in [0.717, 1.165) is 44.6 Å². The third kappa shape index (κ3) is 5.12. The smallest absolute Gasteiger partial charge is 0.336 e. The van der Waals surface area contributed by atoms with Gasteiger partial charge in [-0.05, 0) is 31.7 Å². The van der Waals surface area contributed by atoms with Crippen molar-refractivity contribution in [2.75, 3.05) is 6.54 Å². The molecule has 3 rings (SSSR count). The predicted octanol–water partition coefficient (Wildman–Crippen LogP) is 3.80. The molecule has 0 bridgehead atoms. The van der Waals surface area contributed by atoms with E-state index in [1.807, 2.05) is 0 Å². The van der Waals surface area contributed by atoms with E-state index in [1.54, 1.807) is 0 Å². The molecule has 5 nitrogen and oxygen atoms in total. The fourth-order valence-electron chi connectivity index (χ4n) is 3.39. The highest BCUT2D eigenvalue weighted by molar-refractivity contribution is 5.74. The van der Waals surface area contributed by atoms with Gasteiger partial charge in [0.25, 0.3) is 0 Å². The van der Waals surface area contributed by atoms with E-state index in [1.165, 1.54) is 17.5 Å². The number of carbonyl (C=O) groups is 1. The first kappa shape index (κ1) is 18.1. The van der Waals surface area contributed by atoms with E-state index in [-0.39, 0.29) is 31.1 Å². The van der Waals surface area contributed by atoms with Gasteiger partial charge in [0.15, 0.2) is 5.69 Å². The highest BCUT2D eigenvalue weighted by Gasteiger charge is 2.37. The van der Waals surface area contributed by atoms with Crippen molar-refractivity contribution < 1.29 is 18.0 Å². The summed E-state index contributed by atoms with van der Waals surface area (Å²) in [5, 5.41) is 9.39. The molecule has 2 aliphatic rings. The Morgan fingerprint density at radius 1 is 1.16 bits per heavy atom. The SMILES string of the molecule is O=C(NCCn1nc(C(F)(F)F)cc1C1CC1)NC1CCCCCC1. The van der Waals surface area contributed by atoms with Crippen molar-refractivity contribution in [3.05, 3.63) is 17.5 Å². The molecule has 0 aliphatic heterocycles. The van der Waals surface area contributed by atoms with Crippen LogP contribution in [0.3, 0.4) is 0 Å². The monoisotopic (exact) mass is 358 g/mol. The van der Waals surface area contributed by atoms with Gasteiger partial charge < -0.3 is 10.6 Å². The first-order valence-corrected chi connectivity index (χ1v) is 9.13. The standard InChI is InChI=1S/C17H25F3N4O/c18-17(19,20)15-11-14(12-7-8-12)24(23-15)10-9-21-16(25)22-13-5-3-1-2-4-6-13/h11-13H,1-10H2,(H2,21,22,25). The largest absolute Gasteiger partial charge is 0.435 e. The summed E-state index contributed by atoms with van der Waals surface area (Å²) in [5.41, 5.74) is -0.226. The van der Waals surface area contributed by atoms with Gasteiger partial charge in [0.1, 0.15) is 0 Å². The van der Waals surface area contributed by atoms with Crippen LogP contribution in [0.15, 0.2) is 6.07 Å². The highest BCUT2D eigenvalue weighted by atomic mass is 19.4. The molecular formula is C17H25F3N4O. The molecule has 1 heterocycles. The molecule has 2 amide bonds. The van der Waals surface area contributed by atoms with E-state index in [0.29, 0.717) is 5.69 Å². The summed E-state index contributed by atoms with van der Waals surface area (Å²) in [6.45, 7) is 0.511. The lowest BCUT2D eigenvalue weighted by Gasteiger charge is -2.17. The summed E-state index contributed by atoms with van der Waals surface area (Å²) >= 11 is 0. The Bertz CT molecular complexity index is 587. The van der Waals surface area contributed by atoms with Crippen molar-refractivity contribution in [1.29, 1.82) is 0 Å². The van der Waals surface area contributed by atoms with Crippen molar-refractivity contribution in [3.8, 4) is 0 Å². The molecule has 2 aliphatic carbocycles. The Morgan fingerprint density at radius 2 is 1.84 bits per heavy atom. The minimum atomic E-state index is -4.43. The second-order valence-electron chi connectivity index (χ2n) is 7.04. The van der Waals surface area contributed by atoms with E-state index in [2.05, 4.69) is 15.7 Å². The highest BCUT2D eigenvalue weighted by Crippen LogP contribution is 2.42. The lowest BCUT2D eigenvalue weighted by atomic mass is 10.1. The first-order valence-electron chi connectivity index (χ1n) is 9.13. The van der Waals surface area contributed by atoms with Gasteiger partial charge >= 0.3 is 12.2 Å². The lowest BCUT2D eigenvalue weighted by molar-refractivity contribution is -0.141. The number of hydrogen-bond donors (Lipinski definition) is 2. The zero-order valence-corrected chi connectivity index (χ0v) is 14.2. The Labute approximate surface area is 145 Å². The average molecular weight is 358 g/mol. The van der Waals surface area contributed by atoms with Gasteiger partial charge in [-0.2, -0.15) is 18.3 Å². The number of nitrogens with one attached hydrogen (secondary N) is 2. The number of hydrogen-bond acceptors (Lipinski definition) is 2. The minimum absolute atomic E-state index is 0.170. The molecule has 140 valence electrons. The summed E-state index contributed by atoms with van der Waals surface area (Å²) < 4.78 is 40.0. The average Bonchev–Trinajstić information content (AvgIpc) is 3.33. The molecule has 1 aromatic rings. The van der Waals surface area contributed by atoms with Gasteiger partial charge in [-0.3, -0.25) is 4.68 Å². The molecular weight excluding hydrogens is 333 g/mol. The van der Waals surface area contributed by atoms with Crippen LogP contribution in [-0.4, -0.2) is 28.4 Å². The number of nitrogens with zero attached hydrogens (tertiary/aromatic N) is 2. The van der Waals surface area contributed by atoms with E-state index in [9.17, 15) is 18.0 Å². The number of rotatable bonds is 5. The van der Waals surface area contributed by atoms with Crippen LogP contribution in [-0.2, 0) is 12.7 Å². The summed E-state index contributed by atoms with van der Waals surface area (Å²) in [4.78, 5) is 12.0. The number of amides is 2. The summed E-state index contributed by atoms with van der Waals surface area (Å²) in [7, 11) is 0. The van der Waals surface area contributed by atoms with Crippen LogP contribution >= 0.6 is 0 Å². The third-order valence-electron chi connectivity index (χ3n) is 4.90. The van der Waals surface area contributed by atoms with Gasteiger partial charge in [-0.25, -0.2) is 4.79 Å². The number of aromatic nitrogens is 2. The van der Waals surface area contributed by atoms with Gasteiger partial charge in [0.2, 0.25) is 0 Å². The Hall–Kier alpha value is -1.73. The molecule has 0 radical (unpaired) electrons. The second-order valence-corrected chi connectivity index (χ2v) is 7.04. The first-order chi connectivity index (χ1) is 11.9. The number of urea groups is 1. The molecule has 2 saturated carbocycles. The molecule has 0 aromatic carbocycles. The number of carbonyl (C=O) groups excluding carboxylic acids is 1. The Kier molecular flexibility index (Phi) is 5.54. The lowest BCUT2D eigenvalue weighted by Crippen LogP contribution is -2.43. The van der Waals surface area contributed by atoms with Crippen molar-refractivity contribution in [1.82, 2.24) is 20.4 Å². The zero-order chi connectivity index (χ0) is 17.9. The molecule has 1 aromatic heterocycles. The maximum atomic E-state index is 12.9. The van der Waals surface area contributed by atoms with Gasteiger partial charge in [0, 0.05) is 24.2 Å². The van der Waals surface area contributed by atoms with Gasteiger partial charge in [-0.15, -0.1) is 0 Å². The molecule has 8 heteroatoms. The topological polar surface area (TPSA) is 59.0 Å². The van der Waals surface area contributed by atoms with Gasteiger partial charge in [0.05, 0.1) is 6.54 Å². The molecule has 0 unspecified atom stereocenters. The summed E-state index contributed by atoms with van der Waals surface area (Å²) in [5.74, 6) is 0.170. The normalized spacial score (nSPS) is 19.5. The van der Waals surface area contributed by atoms with Gasteiger partial charge in [-0.1, -0.05) is 25.7 Å². The van der Waals surface area contributed by atoms with E-state index < -0.39 is 11.9 Å². The van der Waals surface area contributed by atoms with Crippen molar-refractivity contribution in [3.63, 3.8) is 0 Å². The molecule has 25 heavy (non-hydrogen) atoms. The van der Waals surface area contributed by atoms with Crippen LogP contribution in [0, 0.1) is 0 Å². The molecule has 2 fully saturated rings. The quantitative estimate of drug-likeness (QED) is 0.787. The molecule has 2 N–H and O–H groups in total. The maximum absolute atomic E-state index is 12.9. The molecule has 0 spiro atoms. The summed E-state index contributed by atoms with van der Waals surface area (Å²) in [6, 6.07) is 1.10. The van der Waals surface area contributed by atoms with Crippen LogP contribution in [0.4, 0.5) is 18.0 Å². The summed E-state index contributed by atoms with van der Waals surface area (Å²) in [6.07, 6.45) is 4.04. The van der Waals surface area contributed by atoms with Crippen molar-refractivity contribution >= 4 is 6.03 Å². The van der Waals surface area contributed by atoms with Crippen LogP contribution in [0.5, 0.6) is 0 Å². The van der Waals surface area contributed by atoms with Crippen LogP contribution < -0.4 is 10.6 Å². The molecule has 0 saturated heterocycles. The van der Waals surface area contributed by atoms with Crippen LogP contribution in [0.2, 0.25) is 0 Å². The number of alkyl halides is 3. The number of halogens is 3. The fourth-order valence-corrected chi connectivity index (χ4v) is 3.39. The van der Waals surface area contributed by atoms with E-state index >= 15 is 0 Å². The second kappa shape index (κ2) is 7.66. The zero-order valence-electron chi connectivity index (χ0n) is 14.2. The fraction of sp³-hybridized carbons (Fsp3) is 0.765. The van der Waals surface area contributed by atoms with Crippen LogP contribution in [0.25, 0.3) is 0 Å².